The molecule has 2 aromatic rings. The second kappa shape index (κ2) is 10.6. The number of nitrogens with zero attached hydrogens (tertiary/aromatic N) is 4. The minimum atomic E-state index is 0. The summed E-state index contributed by atoms with van der Waals surface area (Å²) in [7, 11) is 0. The molecule has 0 saturated carbocycles. The van der Waals surface area contributed by atoms with Crippen LogP contribution in [0.3, 0.4) is 0 Å². The van der Waals surface area contributed by atoms with E-state index >= 15 is 0 Å². The van der Waals surface area contributed by atoms with E-state index in [2.05, 4.69) is 33.2 Å². The molecule has 1 aliphatic carbocycles. The van der Waals surface area contributed by atoms with Gasteiger partial charge in [0.05, 0.1) is 18.3 Å². The number of aromatic nitrogens is 3. The normalized spacial score (nSPS) is 16.2. The summed E-state index contributed by atoms with van der Waals surface area (Å²) in [4.78, 5) is 11.9. The van der Waals surface area contributed by atoms with E-state index in [-0.39, 0.29) is 17.0 Å². The Kier molecular flexibility index (Phi) is 8.48. The van der Waals surface area contributed by atoms with E-state index in [1.165, 1.54) is 17.7 Å². The van der Waals surface area contributed by atoms with Gasteiger partial charge in [0.2, 0.25) is 0 Å². The van der Waals surface area contributed by atoms with Crippen LogP contribution in [0.15, 0.2) is 43.4 Å². The largest absolute Gasteiger partial charge is 0.330 e. The predicted molar refractivity (Wildman–Crippen MR) is 111 cm³/mol. The molecule has 2 N–H and O–H groups in total. The molecule has 2 aromatic heterocycles. The van der Waals surface area contributed by atoms with Crippen molar-refractivity contribution in [2.75, 3.05) is 13.1 Å². The first kappa shape index (κ1) is 20.8. The molecule has 0 radical (unpaired) electrons. The number of allylic oxidation sites excluding steroid dienone is 1. The minimum absolute atomic E-state index is 0. The Bertz CT molecular complexity index is 684. The van der Waals surface area contributed by atoms with Crippen LogP contribution in [-0.2, 0) is 19.5 Å². The number of unbranched alkanes of at least 4 members (excludes halogenated alkanes) is 1. The summed E-state index contributed by atoms with van der Waals surface area (Å²) in [5.41, 5.74) is 8.36. The van der Waals surface area contributed by atoms with E-state index in [1.54, 1.807) is 0 Å². The van der Waals surface area contributed by atoms with Crippen LogP contribution in [0.25, 0.3) is 0 Å². The zero-order valence-corrected chi connectivity index (χ0v) is 17.1. The lowest BCUT2D eigenvalue weighted by Gasteiger charge is -2.35. The second-order valence-corrected chi connectivity index (χ2v) is 6.71. The number of hydrogen-bond acceptors (Lipinski definition) is 4. The van der Waals surface area contributed by atoms with Crippen LogP contribution in [0.2, 0.25) is 0 Å². The highest BCUT2D eigenvalue weighted by Crippen LogP contribution is 2.33. The zero-order chi connectivity index (χ0) is 17.5. The zero-order valence-electron chi connectivity index (χ0n) is 15.4. The number of hydrogen-bond donors (Lipinski definition) is 1. The van der Waals surface area contributed by atoms with Gasteiger partial charge in [-0.1, -0.05) is 12.1 Å². The number of pyridine rings is 1. The second-order valence-electron chi connectivity index (χ2n) is 6.71. The molecule has 0 aromatic carbocycles. The van der Waals surface area contributed by atoms with Gasteiger partial charge < -0.3 is 10.3 Å². The fourth-order valence-electron chi connectivity index (χ4n) is 3.72. The maximum absolute atomic E-state index is 5.71. The molecule has 0 aliphatic heterocycles. The van der Waals surface area contributed by atoms with E-state index in [1.807, 2.05) is 24.7 Å². The van der Waals surface area contributed by atoms with Gasteiger partial charge in [0.15, 0.2) is 0 Å². The monoisotopic (exact) mass is 419 g/mol. The van der Waals surface area contributed by atoms with Crippen LogP contribution in [-0.4, -0.2) is 32.5 Å². The molecule has 1 aliphatic rings. The van der Waals surface area contributed by atoms with Crippen molar-refractivity contribution in [3.8, 4) is 0 Å². The van der Waals surface area contributed by atoms with Crippen LogP contribution in [0.5, 0.6) is 0 Å². The summed E-state index contributed by atoms with van der Waals surface area (Å²) in [6.45, 7) is 7.26. The van der Waals surface area contributed by atoms with E-state index in [0.717, 1.165) is 57.7 Å². The van der Waals surface area contributed by atoms with Gasteiger partial charge in [0.25, 0.3) is 0 Å². The Balaban J connectivity index is 0.00000243. The highest BCUT2D eigenvalue weighted by molar-refractivity contribution is 8.93. The average Bonchev–Trinajstić information content (AvgIpc) is 3.08. The Hall–Kier alpha value is -1.50. The molecule has 1 atom stereocenters. The van der Waals surface area contributed by atoms with Crippen molar-refractivity contribution < 1.29 is 0 Å². The number of rotatable bonds is 9. The Morgan fingerprint density at radius 3 is 3.00 bits per heavy atom. The smallest absolute Gasteiger partial charge is 0.123 e. The number of nitrogens with two attached hydrogens (primary N) is 1. The fourth-order valence-corrected chi connectivity index (χ4v) is 3.72. The van der Waals surface area contributed by atoms with Gasteiger partial charge in [-0.3, -0.25) is 9.88 Å². The summed E-state index contributed by atoms with van der Waals surface area (Å²) in [5, 5.41) is 0. The predicted octanol–water partition coefficient (Wildman–Crippen LogP) is 3.66. The van der Waals surface area contributed by atoms with Crippen molar-refractivity contribution in [1.29, 1.82) is 0 Å². The molecule has 26 heavy (non-hydrogen) atoms. The van der Waals surface area contributed by atoms with Gasteiger partial charge in [0, 0.05) is 25.1 Å². The standard InChI is InChI=1S/C20H29N5.BrH/c1-2-13-24-15-12-22-19(24)16-25(14-4-3-10-21)18-9-5-7-17-8-6-11-23-20(17)18;/h2,6,8,11-12,15,18H,1,3-5,7,9-10,13-14,16,21H2;1H. The lowest BCUT2D eigenvalue weighted by molar-refractivity contribution is 0.157. The first-order chi connectivity index (χ1) is 12.3. The first-order valence-corrected chi connectivity index (χ1v) is 9.32. The van der Waals surface area contributed by atoms with Gasteiger partial charge in [-0.15, -0.1) is 23.6 Å². The Morgan fingerprint density at radius 1 is 1.31 bits per heavy atom. The van der Waals surface area contributed by atoms with Crippen LogP contribution in [0.4, 0.5) is 0 Å². The van der Waals surface area contributed by atoms with Gasteiger partial charge in [-0.2, -0.15) is 0 Å². The molecule has 5 nitrogen and oxygen atoms in total. The molecule has 0 spiro atoms. The third-order valence-corrected chi connectivity index (χ3v) is 4.98. The van der Waals surface area contributed by atoms with Gasteiger partial charge >= 0.3 is 0 Å². The quantitative estimate of drug-likeness (QED) is 0.497. The number of aryl methyl sites for hydroxylation is 1. The van der Waals surface area contributed by atoms with Crippen molar-refractivity contribution in [1.82, 2.24) is 19.4 Å². The van der Waals surface area contributed by atoms with Gasteiger partial charge in [0.1, 0.15) is 5.82 Å². The molecule has 0 bridgehead atoms. The molecule has 142 valence electrons. The van der Waals surface area contributed by atoms with Crippen molar-refractivity contribution in [2.45, 2.75) is 51.2 Å². The lowest BCUT2D eigenvalue weighted by Crippen LogP contribution is -2.33. The number of imidazole rings is 1. The van der Waals surface area contributed by atoms with Crippen molar-refractivity contribution in [3.63, 3.8) is 0 Å². The lowest BCUT2D eigenvalue weighted by atomic mass is 9.90. The van der Waals surface area contributed by atoms with Crippen molar-refractivity contribution in [2.24, 2.45) is 5.73 Å². The number of fused-ring (bicyclic) bond motifs is 1. The molecular formula is C20H30BrN5. The van der Waals surface area contributed by atoms with Crippen molar-refractivity contribution >= 4 is 17.0 Å². The van der Waals surface area contributed by atoms with E-state index in [0.29, 0.717) is 6.04 Å². The number of halogens is 1. The Morgan fingerprint density at radius 2 is 2.19 bits per heavy atom. The highest BCUT2D eigenvalue weighted by atomic mass is 79.9. The summed E-state index contributed by atoms with van der Waals surface area (Å²) in [6, 6.07) is 4.65. The minimum Gasteiger partial charge on any atom is -0.330 e. The molecule has 2 heterocycles. The molecule has 1 unspecified atom stereocenters. The molecular weight excluding hydrogens is 390 g/mol. The molecule has 0 fully saturated rings. The molecule has 0 saturated heterocycles. The van der Waals surface area contributed by atoms with E-state index in [9.17, 15) is 0 Å². The molecule has 6 heteroatoms. The summed E-state index contributed by atoms with van der Waals surface area (Å²) >= 11 is 0. The topological polar surface area (TPSA) is 60.0 Å². The fraction of sp³-hybridized carbons (Fsp3) is 0.500. The van der Waals surface area contributed by atoms with Gasteiger partial charge in [-0.25, -0.2) is 4.98 Å². The van der Waals surface area contributed by atoms with Gasteiger partial charge in [-0.05, 0) is 56.8 Å². The maximum Gasteiger partial charge on any atom is 0.123 e. The third kappa shape index (κ3) is 5.02. The van der Waals surface area contributed by atoms with E-state index in [4.69, 9.17) is 10.7 Å². The SMILES string of the molecule is Br.C=CCn1ccnc1CN(CCCCN)C1CCCc2cccnc21. The molecule has 3 rings (SSSR count). The Labute approximate surface area is 167 Å². The van der Waals surface area contributed by atoms with Crippen LogP contribution in [0, 0.1) is 0 Å². The average molecular weight is 420 g/mol. The molecule has 0 amide bonds. The highest BCUT2D eigenvalue weighted by Gasteiger charge is 2.27. The summed E-state index contributed by atoms with van der Waals surface area (Å²) in [6.07, 6.45) is 13.4. The van der Waals surface area contributed by atoms with Crippen molar-refractivity contribution in [3.05, 3.63) is 60.5 Å². The van der Waals surface area contributed by atoms with E-state index < -0.39 is 0 Å². The summed E-state index contributed by atoms with van der Waals surface area (Å²) in [5.74, 6) is 1.09. The van der Waals surface area contributed by atoms with Crippen LogP contribution < -0.4 is 5.73 Å². The first-order valence-electron chi connectivity index (χ1n) is 9.32. The maximum atomic E-state index is 5.71. The third-order valence-electron chi connectivity index (χ3n) is 4.98. The summed E-state index contributed by atoms with van der Waals surface area (Å²) < 4.78 is 2.17. The van der Waals surface area contributed by atoms with Crippen LogP contribution in [0.1, 0.15) is 48.8 Å². The van der Waals surface area contributed by atoms with Crippen LogP contribution >= 0.6 is 17.0 Å².